The fourth-order valence-electron chi connectivity index (χ4n) is 3.06. The topological polar surface area (TPSA) is 20.3 Å². The molecular weight excluding hydrogens is 265 g/mol. The van der Waals surface area contributed by atoms with Crippen LogP contribution in [0.4, 0.5) is 4.39 Å². The van der Waals surface area contributed by atoms with Crippen LogP contribution in [-0.2, 0) is 0 Å². The van der Waals surface area contributed by atoms with Gasteiger partial charge in [-0.05, 0) is 32.4 Å². The summed E-state index contributed by atoms with van der Waals surface area (Å²) in [5.74, 6) is 0.0802. The van der Waals surface area contributed by atoms with Gasteiger partial charge in [-0.25, -0.2) is 4.39 Å². The maximum absolute atomic E-state index is 14.2. The molecule has 0 bridgehead atoms. The fraction of sp³-hybridized carbons (Fsp3) is 0.611. The van der Waals surface area contributed by atoms with Crippen molar-refractivity contribution in [2.45, 2.75) is 57.7 Å². The maximum atomic E-state index is 14.2. The lowest BCUT2D eigenvalue weighted by Crippen LogP contribution is -2.41. The number of ketones is 1. The summed E-state index contributed by atoms with van der Waals surface area (Å²) in [7, 11) is 0. The van der Waals surface area contributed by atoms with Crippen molar-refractivity contribution >= 4 is 5.78 Å². The monoisotopic (exact) mass is 291 g/mol. The summed E-state index contributed by atoms with van der Waals surface area (Å²) in [6.45, 7) is 3.91. The summed E-state index contributed by atoms with van der Waals surface area (Å²) in [5.41, 5.74) is 0.706. The van der Waals surface area contributed by atoms with E-state index in [1.54, 1.807) is 0 Å². The minimum absolute atomic E-state index is 0.0802. The summed E-state index contributed by atoms with van der Waals surface area (Å²) in [5, 5.41) is 0. The third-order valence-electron chi connectivity index (χ3n) is 4.29. The minimum Gasteiger partial charge on any atom is -0.293 e. The number of unbranched alkanes of at least 4 members (excludes halogenated alkanes) is 1. The van der Waals surface area contributed by atoms with E-state index >= 15 is 0 Å². The highest BCUT2D eigenvalue weighted by Gasteiger charge is 2.31. The first-order valence-electron chi connectivity index (χ1n) is 8.19. The van der Waals surface area contributed by atoms with E-state index in [1.165, 1.54) is 0 Å². The first kappa shape index (κ1) is 16.2. The highest BCUT2D eigenvalue weighted by Crippen LogP contribution is 2.22. The summed E-state index contributed by atoms with van der Waals surface area (Å²) in [4.78, 5) is 14.9. The standard InChI is InChI=1S/C18H26FNO/c1-2-3-11-16(19)14-17(20-12-7-8-13-20)18(21)15-9-5-4-6-10-15/h4-6,9-10,16-17H,2-3,7-8,11-14H2,1H3. The molecule has 0 saturated carbocycles. The third kappa shape index (κ3) is 4.63. The molecule has 0 aliphatic carbocycles. The number of nitrogens with zero attached hydrogens (tertiary/aromatic N) is 1. The Labute approximate surface area is 127 Å². The van der Waals surface area contributed by atoms with E-state index < -0.39 is 6.17 Å². The number of hydrogen-bond donors (Lipinski definition) is 0. The number of alkyl halides is 1. The summed E-state index contributed by atoms with van der Waals surface area (Å²) >= 11 is 0. The molecular formula is C18H26FNO. The number of carbonyl (C=O) groups is 1. The SMILES string of the molecule is CCCCC(F)CC(C(=O)c1ccccc1)N1CCCC1. The quantitative estimate of drug-likeness (QED) is 0.667. The summed E-state index contributed by atoms with van der Waals surface area (Å²) < 4.78 is 14.2. The van der Waals surface area contributed by atoms with Crippen molar-refractivity contribution in [1.82, 2.24) is 4.90 Å². The second-order valence-corrected chi connectivity index (χ2v) is 5.96. The predicted molar refractivity (Wildman–Crippen MR) is 84.4 cm³/mol. The predicted octanol–water partition coefficient (Wildman–Crippen LogP) is 4.25. The molecule has 0 radical (unpaired) electrons. The number of likely N-dealkylation sites (tertiary alicyclic amines) is 1. The summed E-state index contributed by atoms with van der Waals surface area (Å²) in [6, 6.07) is 9.04. The van der Waals surface area contributed by atoms with E-state index in [-0.39, 0.29) is 11.8 Å². The number of benzene rings is 1. The molecule has 1 fully saturated rings. The highest BCUT2D eigenvalue weighted by molar-refractivity contribution is 6.00. The van der Waals surface area contributed by atoms with Gasteiger partial charge >= 0.3 is 0 Å². The molecule has 1 aliphatic heterocycles. The molecule has 1 heterocycles. The van der Waals surface area contributed by atoms with E-state index in [2.05, 4.69) is 11.8 Å². The van der Waals surface area contributed by atoms with Crippen LogP contribution in [-0.4, -0.2) is 36.0 Å². The highest BCUT2D eigenvalue weighted by atomic mass is 19.1. The van der Waals surface area contributed by atoms with Crippen molar-refractivity contribution in [3.8, 4) is 0 Å². The Morgan fingerprint density at radius 3 is 2.52 bits per heavy atom. The molecule has 1 aromatic carbocycles. The van der Waals surface area contributed by atoms with Crippen LogP contribution in [0.1, 0.15) is 55.8 Å². The molecule has 2 unspecified atom stereocenters. The molecule has 0 aromatic heterocycles. The lowest BCUT2D eigenvalue weighted by molar-refractivity contribution is 0.0793. The molecule has 0 amide bonds. The van der Waals surface area contributed by atoms with Crippen LogP contribution in [0, 0.1) is 0 Å². The molecule has 0 spiro atoms. The van der Waals surface area contributed by atoms with E-state index in [4.69, 9.17) is 0 Å². The van der Waals surface area contributed by atoms with Crippen molar-refractivity contribution in [2.75, 3.05) is 13.1 Å². The minimum atomic E-state index is -0.872. The summed E-state index contributed by atoms with van der Waals surface area (Å²) in [6.07, 6.45) is 4.17. The van der Waals surface area contributed by atoms with Crippen molar-refractivity contribution in [3.63, 3.8) is 0 Å². The van der Waals surface area contributed by atoms with Gasteiger partial charge in [0, 0.05) is 12.0 Å². The first-order valence-corrected chi connectivity index (χ1v) is 8.19. The maximum Gasteiger partial charge on any atom is 0.180 e. The van der Waals surface area contributed by atoms with Gasteiger partial charge in [0.25, 0.3) is 0 Å². The molecule has 116 valence electrons. The van der Waals surface area contributed by atoms with Crippen LogP contribution in [0.25, 0.3) is 0 Å². The largest absolute Gasteiger partial charge is 0.293 e. The normalized spacial score (nSPS) is 18.6. The van der Waals surface area contributed by atoms with Gasteiger partial charge in [-0.2, -0.15) is 0 Å². The van der Waals surface area contributed by atoms with Crippen LogP contribution in [0.3, 0.4) is 0 Å². The second kappa shape index (κ2) is 8.28. The van der Waals surface area contributed by atoms with E-state index in [9.17, 15) is 9.18 Å². The van der Waals surface area contributed by atoms with E-state index in [0.717, 1.165) is 38.8 Å². The Kier molecular flexibility index (Phi) is 6.37. The molecule has 2 nitrogen and oxygen atoms in total. The van der Waals surface area contributed by atoms with Crippen LogP contribution in [0.5, 0.6) is 0 Å². The molecule has 2 atom stereocenters. The van der Waals surface area contributed by atoms with Gasteiger partial charge in [-0.3, -0.25) is 9.69 Å². The van der Waals surface area contributed by atoms with Gasteiger partial charge in [0.1, 0.15) is 6.17 Å². The lowest BCUT2D eigenvalue weighted by Gasteiger charge is -2.27. The van der Waals surface area contributed by atoms with E-state index in [1.807, 2.05) is 30.3 Å². The number of hydrogen-bond acceptors (Lipinski definition) is 2. The molecule has 2 rings (SSSR count). The number of Topliss-reactive ketones (excluding diaryl/α,β-unsaturated/α-hetero) is 1. The Bertz CT molecular complexity index is 428. The van der Waals surface area contributed by atoms with E-state index in [0.29, 0.717) is 18.4 Å². The average Bonchev–Trinajstić information content (AvgIpc) is 3.05. The van der Waals surface area contributed by atoms with Gasteiger partial charge in [-0.1, -0.05) is 50.1 Å². The van der Waals surface area contributed by atoms with Crippen molar-refractivity contribution in [2.24, 2.45) is 0 Å². The molecule has 3 heteroatoms. The average molecular weight is 291 g/mol. The third-order valence-corrected chi connectivity index (χ3v) is 4.29. The van der Waals surface area contributed by atoms with Gasteiger partial charge in [0.2, 0.25) is 0 Å². The molecule has 1 saturated heterocycles. The zero-order valence-corrected chi connectivity index (χ0v) is 12.9. The lowest BCUT2D eigenvalue weighted by atomic mass is 9.96. The second-order valence-electron chi connectivity index (χ2n) is 5.96. The Hall–Kier alpha value is -1.22. The van der Waals surface area contributed by atoms with Crippen LogP contribution in [0.2, 0.25) is 0 Å². The van der Waals surface area contributed by atoms with Crippen LogP contribution >= 0.6 is 0 Å². The number of halogens is 1. The first-order chi connectivity index (χ1) is 10.2. The van der Waals surface area contributed by atoms with Crippen LogP contribution < -0.4 is 0 Å². The Morgan fingerprint density at radius 2 is 1.90 bits per heavy atom. The molecule has 21 heavy (non-hydrogen) atoms. The van der Waals surface area contributed by atoms with Gasteiger partial charge in [-0.15, -0.1) is 0 Å². The van der Waals surface area contributed by atoms with Crippen LogP contribution in [0.15, 0.2) is 30.3 Å². The zero-order valence-electron chi connectivity index (χ0n) is 12.9. The van der Waals surface area contributed by atoms with Gasteiger partial charge in [0.05, 0.1) is 6.04 Å². The van der Waals surface area contributed by atoms with Gasteiger partial charge in [0.15, 0.2) is 5.78 Å². The molecule has 1 aromatic rings. The van der Waals surface area contributed by atoms with Crippen molar-refractivity contribution in [3.05, 3.63) is 35.9 Å². The number of carbonyl (C=O) groups excluding carboxylic acids is 1. The Morgan fingerprint density at radius 1 is 1.24 bits per heavy atom. The van der Waals surface area contributed by atoms with Gasteiger partial charge < -0.3 is 0 Å². The molecule has 1 aliphatic rings. The fourth-order valence-corrected chi connectivity index (χ4v) is 3.06. The Balaban J connectivity index is 2.06. The van der Waals surface area contributed by atoms with Crippen molar-refractivity contribution < 1.29 is 9.18 Å². The van der Waals surface area contributed by atoms with Crippen molar-refractivity contribution in [1.29, 1.82) is 0 Å². The smallest absolute Gasteiger partial charge is 0.180 e. The molecule has 0 N–H and O–H groups in total. The zero-order chi connectivity index (χ0) is 15.1. The number of rotatable bonds is 8.